The first-order valence-electron chi connectivity index (χ1n) is 10.2. The Balaban J connectivity index is 2.56. The zero-order valence-electron chi connectivity index (χ0n) is 17.2. The summed E-state index contributed by atoms with van der Waals surface area (Å²) in [7, 11) is 0. The van der Waals surface area contributed by atoms with Crippen molar-refractivity contribution in [2.45, 2.75) is 84.8 Å². The van der Waals surface area contributed by atoms with Crippen molar-refractivity contribution in [3.8, 4) is 0 Å². The Morgan fingerprint density at radius 2 is 1.70 bits per heavy atom. The van der Waals surface area contributed by atoms with Crippen molar-refractivity contribution in [1.29, 1.82) is 0 Å². The van der Waals surface area contributed by atoms with E-state index in [0.29, 0.717) is 11.6 Å². The molecule has 0 spiro atoms. The molecule has 0 bridgehead atoms. The molecule has 0 aliphatic heterocycles. The number of carbonyl (C=O) groups excluding carboxylic acids is 1. The van der Waals surface area contributed by atoms with Gasteiger partial charge >= 0.3 is 11.9 Å². The lowest BCUT2D eigenvalue weighted by Crippen LogP contribution is -2.23. The predicted octanol–water partition coefficient (Wildman–Crippen LogP) is 5.50. The van der Waals surface area contributed by atoms with Gasteiger partial charge in [0, 0.05) is 11.7 Å². The first kappa shape index (κ1) is 23.0. The van der Waals surface area contributed by atoms with Crippen molar-refractivity contribution in [2.24, 2.45) is 5.92 Å². The maximum absolute atomic E-state index is 11.9. The number of hydrogen-bond acceptors (Lipinski definition) is 4. The second-order valence-corrected chi connectivity index (χ2v) is 7.21. The van der Waals surface area contributed by atoms with E-state index in [4.69, 9.17) is 9.84 Å². The summed E-state index contributed by atoms with van der Waals surface area (Å²) < 4.78 is 4.89. The molecule has 0 aliphatic rings. The van der Waals surface area contributed by atoms with Gasteiger partial charge in [-0.3, -0.25) is 0 Å². The van der Waals surface area contributed by atoms with Crippen molar-refractivity contribution in [1.82, 2.24) is 0 Å². The molecule has 0 amide bonds. The second kappa shape index (κ2) is 12.4. The van der Waals surface area contributed by atoms with Crippen LogP contribution >= 0.6 is 0 Å². The summed E-state index contributed by atoms with van der Waals surface area (Å²) in [6.07, 6.45) is 7.38. The van der Waals surface area contributed by atoms with Gasteiger partial charge in [-0.2, -0.15) is 0 Å². The number of carboxylic acids is 1. The molecule has 3 atom stereocenters. The third-order valence-corrected chi connectivity index (χ3v) is 5.08. The minimum Gasteiger partial charge on any atom is -0.479 e. The maximum Gasteiger partial charge on any atom is 0.344 e. The topological polar surface area (TPSA) is 75.6 Å². The van der Waals surface area contributed by atoms with Crippen LogP contribution in [0, 0.1) is 5.92 Å². The van der Waals surface area contributed by atoms with Gasteiger partial charge < -0.3 is 15.2 Å². The lowest BCUT2D eigenvalue weighted by atomic mass is 9.92. The van der Waals surface area contributed by atoms with Crippen LogP contribution in [0.1, 0.15) is 83.0 Å². The summed E-state index contributed by atoms with van der Waals surface area (Å²) in [5.74, 6) is -0.976. The minimum absolute atomic E-state index is 0.354. The highest BCUT2D eigenvalue weighted by atomic mass is 16.6. The van der Waals surface area contributed by atoms with E-state index in [1.165, 1.54) is 39.0 Å². The molecule has 1 aromatic rings. The number of nitrogens with one attached hydrogen (secondary N) is 1. The van der Waals surface area contributed by atoms with Gasteiger partial charge in [0.2, 0.25) is 0 Å². The Kier molecular flexibility index (Phi) is 10.5. The van der Waals surface area contributed by atoms with Gasteiger partial charge in [0.25, 0.3) is 0 Å². The Morgan fingerprint density at radius 1 is 1.04 bits per heavy atom. The van der Waals surface area contributed by atoms with Gasteiger partial charge in [-0.15, -0.1) is 0 Å². The van der Waals surface area contributed by atoms with Crippen molar-refractivity contribution < 1.29 is 19.4 Å². The molecule has 3 unspecified atom stereocenters. The quantitative estimate of drug-likeness (QED) is 0.444. The lowest BCUT2D eigenvalue weighted by Gasteiger charge is -2.22. The smallest absolute Gasteiger partial charge is 0.344 e. The first-order valence-corrected chi connectivity index (χ1v) is 10.2. The summed E-state index contributed by atoms with van der Waals surface area (Å²) in [6, 6.07) is 7.44. The van der Waals surface area contributed by atoms with Crippen LogP contribution in [0.5, 0.6) is 0 Å². The number of benzene rings is 1. The molecule has 5 nitrogen and oxygen atoms in total. The molecule has 0 saturated carbocycles. The molecule has 152 valence electrons. The SMILES string of the molecule is CCCCC(CC)CCC(CC)Nc1ccc(C(=O)OC(C)C(=O)O)cc1. The van der Waals surface area contributed by atoms with Crippen LogP contribution in [0.3, 0.4) is 0 Å². The van der Waals surface area contributed by atoms with E-state index in [2.05, 4.69) is 26.1 Å². The van der Waals surface area contributed by atoms with E-state index in [-0.39, 0.29) is 0 Å². The van der Waals surface area contributed by atoms with Crippen molar-refractivity contribution in [2.75, 3.05) is 5.32 Å². The largest absolute Gasteiger partial charge is 0.479 e. The zero-order chi connectivity index (χ0) is 20.2. The third kappa shape index (κ3) is 8.46. The normalized spacial score (nSPS) is 14.2. The van der Waals surface area contributed by atoms with E-state index in [1.54, 1.807) is 12.1 Å². The number of anilines is 1. The summed E-state index contributed by atoms with van der Waals surface area (Å²) in [6.45, 7) is 8.04. The van der Waals surface area contributed by atoms with Crippen LogP contribution in [0.2, 0.25) is 0 Å². The lowest BCUT2D eigenvalue weighted by molar-refractivity contribution is -0.146. The molecule has 0 aliphatic carbocycles. The van der Waals surface area contributed by atoms with Gasteiger partial charge in [0.05, 0.1) is 5.56 Å². The highest BCUT2D eigenvalue weighted by Crippen LogP contribution is 2.22. The zero-order valence-corrected chi connectivity index (χ0v) is 17.2. The molecular formula is C22H35NO4. The van der Waals surface area contributed by atoms with E-state index in [9.17, 15) is 9.59 Å². The van der Waals surface area contributed by atoms with Crippen molar-refractivity contribution in [3.63, 3.8) is 0 Å². The van der Waals surface area contributed by atoms with E-state index < -0.39 is 18.0 Å². The molecule has 0 fully saturated rings. The molecule has 5 heteroatoms. The number of aliphatic carboxylic acids is 1. The van der Waals surface area contributed by atoms with Crippen LogP contribution in [-0.4, -0.2) is 29.2 Å². The van der Waals surface area contributed by atoms with Crippen molar-refractivity contribution >= 4 is 17.6 Å². The Bertz CT molecular complexity index is 570. The highest BCUT2D eigenvalue weighted by Gasteiger charge is 2.18. The first-order chi connectivity index (χ1) is 12.9. The van der Waals surface area contributed by atoms with Gasteiger partial charge in [-0.1, -0.05) is 46.5 Å². The minimum atomic E-state index is -1.16. The summed E-state index contributed by atoms with van der Waals surface area (Å²) >= 11 is 0. The predicted molar refractivity (Wildman–Crippen MR) is 109 cm³/mol. The molecule has 0 aromatic heterocycles. The van der Waals surface area contributed by atoms with E-state index in [0.717, 1.165) is 24.4 Å². The Labute approximate surface area is 163 Å². The number of hydrogen-bond donors (Lipinski definition) is 2. The maximum atomic E-state index is 11.9. The molecule has 0 saturated heterocycles. The molecule has 1 aromatic carbocycles. The second-order valence-electron chi connectivity index (χ2n) is 7.21. The standard InChI is InChI=1S/C22H35NO4/c1-5-8-9-17(6-2)10-13-19(7-3)23-20-14-11-18(12-15-20)22(26)27-16(4)21(24)25/h11-12,14-17,19,23H,5-10,13H2,1-4H3,(H,24,25). The monoisotopic (exact) mass is 377 g/mol. The molecule has 2 N–H and O–H groups in total. The molecule has 1 rings (SSSR count). The number of esters is 1. The molecule has 0 heterocycles. The summed E-state index contributed by atoms with van der Waals surface area (Å²) in [5, 5.41) is 12.4. The fourth-order valence-electron chi connectivity index (χ4n) is 3.08. The van der Waals surface area contributed by atoms with Crippen LogP contribution in [0.15, 0.2) is 24.3 Å². The van der Waals surface area contributed by atoms with Gasteiger partial charge in [0.1, 0.15) is 0 Å². The van der Waals surface area contributed by atoms with Crippen molar-refractivity contribution in [3.05, 3.63) is 29.8 Å². The summed E-state index contributed by atoms with van der Waals surface area (Å²) in [4.78, 5) is 22.7. The number of unbranched alkanes of at least 4 members (excludes halogenated alkanes) is 1. The molecule has 0 radical (unpaired) electrons. The Hall–Kier alpha value is -2.04. The molecular weight excluding hydrogens is 342 g/mol. The average Bonchev–Trinajstić information content (AvgIpc) is 2.67. The fraction of sp³-hybridized carbons (Fsp3) is 0.636. The van der Waals surface area contributed by atoms with Gasteiger partial charge in [-0.25, -0.2) is 9.59 Å². The Morgan fingerprint density at radius 3 is 2.22 bits per heavy atom. The number of rotatable bonds is 13. The molecule has 27 heavy (non-hydrogen) atoms. The fourth-order valence-corrected chi connectivity index (χ4v) is 3.08. The van der Waals surface area contributed by atoms with Crippen LogP contribution in [0.4, 0.5) is 5.69 Å². The van der Waals surface area contributed by atoms with Gasteiger partial charge in [0.15, 0.2) is 6.10 Å². The number of ether oxygens (including phenoxy) is 1. The highest BCUT2D eigenvalue weighted by molar-refractivity contribution is 5.91. The van der Waals surface area contributed by atoms with Crippen LogP contribution in [-0.2, 0) is 9.53 Å². The average molecular weight is 378 g/mol. The summed E-state index contributed by atoms with van der Waals surface area (Å²) in [5.41, 5.74) is 1.32. The third-order valence-electron chi connectivity index (χ3n) is 5.08. The number of carbonyl (C=O) groups is 2. The van der Waals surface area contributed by atoms with Crippen LogP contribution in [0.25, 0.3) is 0 Å². The van der Waals surface area contributed by atoms with E-state index >= 15 is 0 Å². The number of carboxylic acid groups (broad SMARTS) is 1. The van der Waals surface area contributed by atoms with Crippen LogP contribution < -0.4 is 5.32 Å². The van der Waals surface area contributed by atoms with E-state index in [1.807, 2.05) is 12.1 Å². The van der Waals surface area contributed by atoms with Gasteiger partial charge in [-0.05, 0) is 56.4 Å².